The normalized spacial score (nSPS) is 15.1. The summed E-state index contributed by atoms with van der Waals surface area (Å²) < 4.78 is 0. The Balaban J connectivity index is 5.47. The van der Waals surface area contributed by atoms with Crippen LogP contribution in [0.5, 0.6) is 0 Å². The summed E-state index contributed by atoms with van der Waals surface area (Å²) in [6, 6.07) is -3.98. The molecular weight excluding hydrogens is 396 g/mol. The van der Waals surface area contributed by atoms with Gasteiger partial charge in [-0.1, -0.05) is 27.7 Å². The van der Waals surface area contributed by atoms with Gasteiger partial charge in [-0.3, -0.25) is 19.2 Å². The number of nitrogens with one attached hydrogen (secondary N) is 4. The highest BCUT2D eigenvalue weighted by Crippen LogP contribution is 2.08. The zero-order chi connectivity index (χ0) is 23.6. The summed E-state index contributed by atoms with van der Waals surface area (Å²) >= 11 is 0. The summed E-state index contributed by atoms with van der Waals surface area (Å²) in [6.07, 6.45) is -0.643. The lowest BCUT2D eigenvalue weighted by atomic mass is 10.0. The van der Waals surface area contributed by atoms with Gasteiger partial charge in [-0.15, -0.1) is 0 Å². The molecule has 11 heteroatoms. The number of carboxylic acid groups (broad SMARTS) is 2. The predicted octanol–water partition coefficient (Wildman–Crippen LogP) is -0.690. The molecule has 0 aromatic heterocycles. The Labute approximate surface area is 176 Å². The van der Waals surface area contributed by atoms with Crippen LogP contribution in [0.15, 0.2) is 0 Å². The molecule has 3 amide bonds. The minimum atomic E-state index is -1.27. The maximum atomic E-state index is 12.8. The van der Waals surface area contributed by atoms with E-state index in [0.29, 0.717) is 0 Å². The minimum absolute atomic E-state index is 0.233. The highest BCUT2D eigenvalue weighted by molar-refractivity contribution is 5.94. The Hall–Kier alpha value is -2.69. The van der Waals surface area contributed by atoms with Crippen molar-refractivity contribution in [3.05, 3.63) is 0 Å². The number of rotatable bonds is 13. The van der Waals surface area contributed by atoms with Crippen LogP contribution in [-0.2, 0) is 24.0 Å². The second-order valence-corrected chi connectivity index (χ2v) is 7.80. The Morgan fingerprint density at radius 3 is 1.63 bits per heavy atom. The second kappa shape index (κ2) is 12.8. The first-order valence-electron chi connectivity index (χ1n) is 9.84. The lowest BCUT2D eigenvalue weighted by Gasteiger charge is -2.27. The van der Waals surface area contributed by atoms with Crippen molar-refractivity contribution in [1.29, 1.82) is 0 Å². The molecule has 0 aliphatic heterocycles. The molecule has 0 heterocycles. The van der Waals surface area contributed by atoms with E-state index in [0.717, 1.165) is 0 Å². The van der Waals surface area contributed by atoms with Crippen LogP contribution in [0.4, 0.5) is 0 Å². The van der Waals surface area contributed by atoms with Crippen molar-refractivity contribution in [2.24, 2.45) is 11.8 Å². The van der Waals surface area contributed by atoms with Crippen LogP contribution in [0, 0.1) is 11.8 Å². The van der Waals surface area contributed by atoms with Crippen LogP contribution in [0.3, 0.4) is 0 Å². The third-order valence-electron chi connectivity index (χ3n) is 4.58. The lowest BCUT2D eigenvalue weighted by Crippen LogP contribution is -2.58. The van der Waals surface area contributed by atoms with E-state index in [-0.39, 0.29) is 12.3 Å². The summed E-state index contributed by atoms with van der Waals surface area (Å²) in [5.74, 6) is -5.03. The molecule has 0 radical (unpaired) electrons. The zero-order valence-corrected chi connectivity index (χ0v) is 18.3. The van der Waals surface area contributed by atoms with E-state index in [9.17, 15) is 29.1 Å². The van der Waals surface area contributed by atoms with E-state index in [1.54, 1.807) is 41.7 Å². The summed E-state index contributed by atoms with van der Waals surface area (Å²) in [7, 11) is 1.59. The van der Waals surface area contributed by atoms with Gasteiger partial charge in [0.15, 0.2) is 0 Å². The number of aliphatic carboxylic acids is 2. The molecular formula is C19H34N4O7. The molecule has 0 rings (SSSR count). The maximum absolute atomic E-state index is 12.8. The van der Waals surface area contributed by atoms with Crippen LogP contribution in [-0.4, -0.2) is 71.1 Å². The second-order valence-electron chi connectivity index (χ2n) is 7.80. The van der Waals surface area contributed by atoms with Crippen LogP contribution >= 0.6 is 0 Å². The average molecular weight is 431 g/mol. The van der Waals surface area contributed by atoms with Crippen LogP contribution in [0.1, 0.15) is 47.5 Å². The van der Waals surface area contributed by atoms with E-state index >= 15 is 0 Å². The monoisotopic (exact) mass is 430 g/mol. The fraction of sp³-hybridized carbons (Fsp3) is 0.737. The molecule has 0 aromatic carbocycles. The molecule has 6 N–H and O–H groups in total. The predicted molar refractivity (Wildman–Crippen MR) is 108 cm³/mol. The standard InChI is InChI=1S/C19H34N4O7/c1-9(2)14(22-16(26)11(5)20-6)18(28)21-12(7-8-13(24)25)17(27)23-15(10(3)4)19(29)30/h9-12,14-15,20H,7-8H2,1-6H3,(H,21,28)(H,22,26)(H,23,27)(H,24,25)(H,29,30)/t11-,12-,14-,15-/m0/s1. The molecule has 11 nitrogen and oxygen atoms in total. The molecule has 30 heavy (non-hydrogen) atoms. The van der Waals surface area contributed by atoms with Crippen LogP contribution in [0.25, 0.3) is 0 Å². The van der Waals surface area contributed by atoms with Gasteiger partial charge in [0.25, 0.3) is 0 Å². The SMILES string of the molecule is CN[C@@H](C)C(=O)N[C@H](C(=O)N[C@@H](CCC(=O)O)C(=O)N[C@H](C(=O)O)C(C)C)C(C)C. The fourth-order valence-electron chi connectivity index (χ4n) is 2.51. The molecule has 0 fully saturated rings. The minimum Gasteiger partial charge on any atom is -0.481 e. The van der Waals surface area contributed by atoms with Gasteiger partial charge in [0, 0.05) is 6.42 Å². The Morgan fingerprint density at radius 2 is 1.23 bits per heavy atom. The molecule has 0 spiro atoms. The molecule has 0 unspecified atom stereocenters. The van der Waals surface area contributed by atoms with Crippen molar-refractivity contribution in [2.45, 2.75) is 71.6 Å². The van der Waals surface area contributed by atoms with E-state index < -0.39 is 66.2 Å². The fourth-order valence-corrected chi connectivity index (χ4v) is 2.51. The first kappa shape index (κ1) is 27.3. The average Bonchev–Trinajstić information content (AvgIpc) is 2.64. The van der Waals surface area contributed by atoms with Gasteiger partial charge >= 0.3 is 11.9 Å². The third-order valence-corrected chi connectivity index (χ3v) is 4.58. The number of carbonyl (C=O) groups excluding carboxylic acids is 3. The van der Waals surface area contributed by atoms with Gasteiger partial charge in [0.05, 0.1) is 6.04 Å². The Morgan fingerprint density at radius 1 is 0.733 bits per heavy atom. The largest absolute Gasteiger partial charge is 0.481 e. The topological polar surface area (TPSA) is 174 Å². The molecule has 0 aliphatic carbocycles. The summed E-state index contributed by atoms with van der Waals surface area (Å²) in [5, 5.41) is 28.3. The number of hydrogen-bond acceptors (Lipinski definition) is 6. The number of carboxylic acids is 2. The van der Waals surface area contributed by atoms with Crippen molar-refractivity contribution in [3.63, 3.8) is 0 Å². The molecule has 4 atom stereocenters. The van der Waals surface area contributed by atoms with Crippen molar-refractivity contribution in [1.82, 2.24) is 21.3 Å². The van der Waals surface area contributed by atoms with Gasteiger partial charge in [-0.05, 0) is 32.2 Å². The van der Waals surface area contributed by atoms with E-state index in [1.807, 2.05) is 0 Å². The highest BCUT2D eigenvalue weighted by atomic mass is 16.4. The van der Waals surface area contributed by atoms with Crippen LogP contribution < -0.4 is 21.3 Å². The first-order chi connectivity index (χ1) is 13.8. The van der Waals surface area contributed by atoms with E-state index in [4.69, 9.17) is 5.11 Å². The van der Waals surface area contributed by atoms with Crippen molar-refractivity contribution in [2.75, 3.05) is 7.05 Å². The van der Waals surface area contributed by atoms with E-state index in [1.165, 1.54) is 0 Å². The summed E-state index contributed by atoms with van der Waals surface area (Å²) in [5.41, 5.74) is 0. The highest BCUT2D eigenvalue weighted by Gasteiger charge is 2.32. The maximum Gasteiger partial charge on any atom is 0.326 e. The smallest absolute Gasteiger partial charge is 0.326 e. The first-order valence-corrected chi connectivity index (χ1v) is 9.84. The molecule has 172 valence electrons. The molecule has 0 aliphatic rings. The Kier molecular flexibility index (Phi) is 11.6. The van der Waals surface area contributed by atoms with Gasteiger partial charge in [-0.25, -0.2) is 4.79 Å². The lowest BCUT2D eigenvalue weighted by molar-refractivity contribution is -0.144. The summed E-state index contributed by atoms with van der Waals surface area (Å²) in [6.45, 7) is 8.25. The number of likely N-dealkylation sites (N-methyl/N-ethyl adjacent to an activating group) is 1. The zero-order valence-electron chi connectivity index (χ0n) is 18.3. The molecule has 0 aromatic rings. The van der Waals surface area contributed by atoms with Crippen molar-refractivity contribution >= 4 is 29.7 Å². The Bertz CT molecular complexity index is 636. The van der Waals surface area contributed by atoms with Crippen molar-refractivity contribution in [3.8, 4) is 0 Å². The van der Waals surface area contributed by atoms with E-state index in [2.05, 4.69) is 21.3 Å². The molecule has 0 bridgehead atoms. The number of hydrogen-bond donors (Lipinski definition) is 6. The number of carbonyl (C=O) groups is 5. The third kappa shape index (κ3) is 9.21. The van der Waals surface area contributed by atoms with Crippen molar-refractivity contribution < 1.29 is 34.2 Å². The van der Waals surface area contributed by atoms with Crippen LogP contribution in [0.2, 0.25) is 0 Å². The molecule has 0 saturated carbocycles. The molecule has 0 saturated heterocycles. The van der Waals surface area contributed by atoms with Gasteiger partial charge in [-0.2, -0.15) is 0 Å². The quantitative estimate of drug-likeness (QED) is 0.223. The van der Waals surface area contributed by atoms with Gasteiger partial charge < -0.3 is 31.5 Å². The number of amides is 3. The summed E-state index contributed by atoms with van der Waals surface area (Å²) in [4.78, 5) is 59.8. The van der Waals surface area contributed by atoms with Gasteiger partial charge in [0.1, 0.15) is 18.1 Å². The van der Waals surface area contributed by atoms with Gasteiger partial charge in [0.2, 0.25) is 17.7 Å².